The van der Waals surface area contributed by atoms with Crippen molar-refractivity contribution in [3.63, 3.8) is 0 Å². The quantitative estimate of drug-likeness (QED) is 0.544. The van der Waals surface area contributed by atoms with E-state index >= 15 is 0 Å². The van der Waals surface area contributed by atoms with E-state index in [9.17, 15) is 20.4 Å². The van der Waals surface area contributed by atoms with Gasteiger partial charge in [-0.15, -0.1) is 34.0 Å². The molecule has 0 spiro atoms. The number of hydrogen-bond donors (Lipinski definition) is 4. The molecule has 0 saturated carbocycles. The smallest absolute Gasteiger partial charge is 0.232 e. The van der Waals surface area contributed by atoms with Gasteiger partial charge in [-0.1, -0.05) is 6.07 Å². The molecule has 4 atom stereocenters. The second-order valence-corrected chi connectivity index (χ2v) is 8.89. The van der Waals surface area contributed by atoms with Crippen molar-refractivity contribution in [1.82, 2.24) is 0 Å². The first-order valence-electron chi connectivity index (χ1n) is 7.64. The Morgan fingerprint density at radius 3 is 2.28 bits per heavy atom. The Morgan fingerprint density at radius 1 is 0.960 bits per heavy atom. The summed E-state index contributed by atoms with van der Waals surface area (Å²) in [7, 11) is 0. The van der Waals surface area contributed by atoms with E-state index in [0.29, 0.717) is 4.88 Å². The van der Waals surface area contributed by atoms with Crippen molar-refractivity contribution in [2.75, 3.05) is 6.61 Å². The minimum atomic E-state index is -2.01. The summed E-state index contributed by atoms with van der Waals surface area (Å²) in [6.07, 6.45) is -3.87. The van der Waals surface area contributed by atoms with Crippen LogP contribution < -0.4 is 0 Å². The lowest BCUT2D eigenvalue weighted by Gasteiger charge is -2.24. The van der Waals surface area contributed by atoms with Crippen molar-refractivity contribution in [3.05, 3.63) is 46.7 Å². The van der Waals surface area contributed by atoms with Crippen molar-refractivity contribution in [2.24, 2.45) is 0 Å². The minimum Gasteiger partial charge on any atom is -0.394 e. The Hall–Kier alpha value is -1.10. The third-order valence-corrected chi connectivity index (χ3v) is 7.73. The highest BCUT2D eigenvalue weighted by molar-refractivity contribution is 7.26. The van der Waals surface area contributed by atoms with Crippen LogP contribution in [0, 0.1) is 0 Å². The van der Waals surface area contributed by atoms with E-state index in [1.165, 1.54) is 21.1 Å². The van der Waals surface area contributed by atoms with Gasteiger partial charge >= 0.3 is 0 Å². The van der Waals surface area contributed by atoms with Crippen LogP contribution in [0.25, 0.3) is 19.5 Å². The second-order valence-electron chi connectivity index (χ2n) is 5.78. The topological polar surface area (TPSA) is 90.2 Å². The molecule has 4 heterocycles. The molecule has 1 fully saturated rings. The lowest BCUT2D eigenvalue weighted by atomic mass is 10.0. The van der Waals surface area contributed by atoms with Crippen LogP contribution in [0.15, 0.2) is 41.8 Å². The van der Waals surface area contributed by atoms with Gasteiger partial charge in [-0.05, 0) is 35.7 Å². The van der Waals surface area contributed by atoms with Gasteiger partial charge < -0.3 is 25.2 Å². The lowest BCUT2D eigenvalue weighted by Crippen LogP contribution is -2.40. The zero-order valence-corrected chi connectivity index (χ0v) is 15.4. The van der Waals surface area contributed by atoms with E-state index < -0.39 is 30.7 Å². The van der Waals surface area contributed by atoms with Crippen LogP contribution in [0.3, 0.4) is 0 Å². The first-order chi connectivity index (χ1) is 12.0. The van der Waals surface area contributed by atoms with Gasteiger partial charge in [-0.3, -0.25) is 0 Å². The largest absolute Gasteiger partial charge is 0.394 e. The molecule has 8 heteroatoms. The van der Waals surface area contributed by atoms with E-state index in [-0.39, 0.29) is 0 Å². The van der Waals surface area contributed by atoms with Crippen LogP contribution in [-0.4, -0.2) is 45.3 Å². The SMILES string of the molecule is OC[C@H]1OC(O)(c2ccc(-c3ccc(-c4cccs4)s3)s2)[C@H](O)[C@@H]1O. The summed E-state index contributed by atoms with van der Waals surface area (Å²) in [6.45, 7) is -0.478. The van der Waals surface area contributed by atoms with Gasteiger partial charge in [0.05, 0.1) is 11.5 Å². The van der Waals surface area contributed by atoms with Gasteiger partial charge in [-0.25, -0.2) is 0 Å². The first-order valence-corrected chi connectivity index (χ1v) is 10.2. The predicted octanol–water partition coefficient (Wildman–Crippen LogP) is 2.46. The van der Waals surface area contributed by atoms with Gasteiger partial charge in [0.2, 0.25) is 5.79 Å². The number of aliphatic hydroxyl groups excluding tert-OH is 3. The van der Waals surface area contributed by atoms with Gasteiger partial charge in [0.15, 0.2) is 0 Å². The fraction of sp³-hybridized carbons (Fsp3) is 0.294. The molecule has 1 aliphatic heterocycles. The maximum atomic E-state index is 10.7. The molecule has 3 aromatic rings. The summed E-state index contributed by atoms with van der Waals surface area (Å²) in [5, 5.41) is 42.0. The van der Waals surface area contributed by atoms with Crippen molar-refractivity contribution in [3.8, 4) is 19.5 Å². The normalized spacial score (nSPS) is 29.4. The van der Waals surface area contributed by atoms with Crippen LogP contribution in [0.1, 0.15) is 4.88 Å². The highest BCUT2D eigenvalue weighted by Crippen LogP contribution is 2.44. The summed E-state index contributed by atoms with van der Waals surface area (Å²) in [5.41, 5.74) is 0. The molecule has 4 rings (SSSR count). The maximum absolute atomic E-state index is 10.7. The first kappa shape index (κ1) is 17.3. The average molecular weight is 397 g/mol. The molecule has 0 aliphatic carbocycles. The average Bonchev–Trinajstić information content (AvgIpc) is 3.37. The van der Waals surface area contributed by atoms with Crippen LogP contribution in [0.5, 0.6) is 0 Å². The third kappa shape index (κ3) is 2.88. The zero-order chi connectivity index (χ0) is 17.6. The second kappa shape index (κ2) is 6.57. The number of ether oxygens (including phenoxy) is 1. The monoisotopic (exact) mass is 396 g/mol. The molecule has 1 saturated heterocycles. The minimum absolute atomic E-state index is 0.399. The molecule has 0 amide bonds. The molecular weight excluding hydrogens is 380 g/mol. The fourth-order valence-corrected chi connectivity index (χ4v) is 5.84. The Kier molecular flexibility index (Phi) is 4.55. The number of aliphatic hydroxyl groups is 4. The maximum Gasteiger partial charge on any atom is 0.232 e. The number of thiophene rings is 3. The molecule has 0 bridgehead atoms. The Morgan fingerprint density at radius 2 is 1.64 bits per heavy atom. The summed E-state index contributed by atoms with van der Waals surface area (Å²) < 4.78 is 5.34. The summed E-state index contributed by atoms with van der Waals surface area (Å²) >= 11 is 4.63. The predicted molar refractivity (Wildman–Crippen MR) is 98.8 cm³/mol. The van der Waals surface area contributed by atoms with E-state index in [1.807, 2.05) is 23.6 Å². The summed E-state index contributed by atoms with van der Waals surface area (Å²) in [6, 6.07) is 11.7. The molecule has 3 aromatic heterocycles. The highest BCUT2D eigenvalue weighted by Gasteiger charge is 2.55. The standard InChI is InChI=1S/C17H16O5S3/c18-8-9-15(19)16(20)17(21,22-9)14-6-5-13(25-14)12-4-3-11(24-12)10-2-1-7-23-10/h1-7,9,15-16,18-21H,8H2/t9-,15-,16-,17?/m1/s1. The summed E-state index contributed by atoms with van der Waals surface area (Å²) in [5.74, 6) is -2.01. The van der Waals surface area contributed by atoms with Gasteiger partial charge in [-0.2, -0.15) is 0 Å². The van der Waals surface area contributed by atoms with Crippen molar-refractivity contribution >= 4 is 34.0 Å². The third-order valence-electron chi connectivity index (χ3n) is 4.19. The molecule has 4 N–H and O–H groups in total. The van der Waals surface area contributed by atoms with Crippen LogP contribution >= 0.6 is 34.0 Å². The number of rotatable bonds is 4. The van der Waals surface area contributed by atoms with E-state index in [1.54, 1.807) is 28.7 Å². The Labute approximate surface area is 156 Å². The lowest BCUT2D eigenvalue weighted by molar-refractivity contribution is -0.237. The van der Waals surface area contributed by atoms with Gasteiger partial charge in [0, 0.05) is 19.5 Å². The van der Waals surface area contributed by atoms with Crippen molar-refractivity contribution in [2.45, 2.75) is 24.1 Å². The number of hydrogen-bond acceptors (Lipinski definition) is 8. The van der Waals surface area contributed by atoms with Gasteiger partial charge in [0.1, 0.15) is 18.3 Å². The molecule has 1 unspecified atom stereocenters. The van der Waals surface area contributed by atoms with E-state index in [0.717, 1.165) is 9.75 Å². The van der Waals surface area contributed by atoms with E-state index in [4.69, 9.17) is 4.74 Å². The Balaban J connectivity index is 1.63. The van der Waals surface area contributed by atoms with Crippen molar-refractivity contribution in [1.29, 1.82) is 0 Å². The molecule has 1 aliphatic rings. The molecule has 0 radical (unpaired) electrons. The van der Waals surface area contributed by atoms with E-state index in [2.05, 4.69) is 12.1 Å². The summed E-state index contributed by atoms with van der Waals surface area (Å²) in [4.78, 5) is 4.77. The Bertz CT molecular complexity index is 855. The molecule has 0 aromatic carbocycles. The molecule has 132 valence electrons. The zero-order valence-electron chi connectivity index (χ0n) is 12.9. The molecular formula is C17H16O5S3. The highest BCUT2D eigenvalue weighted by atomic mass is 32.1. The van der Waals surface area contributed by atoms with Crippen LogP contribution in [0.2, 0.25) is 0 Å². The van der Waals surface area contributed by atoms with Crippen LogP contribution in [-0.2, 0) is 10.5 Å². The molecule has 5 nitrogen and oxygen atoms in total. The van der Waals surface area contributed by atoms with Crippen molar-refractivity contribution < 1.29 is 25.2 Å². The fourth-order valence-electron chi connectivity index (χ4n) is 2.84. The van der Waals surface area contributed by atoms with Crippen LogP contribution in [0.4, 0.5) is 0 Å². The molecule has 25 heavy (non-hydrogen) atoms. The van der Waals surface area contributed by atoms with Gasteiger partial charge in [0.25, 0.3) is 0 Å².